The van der Waals surface area contributed by atoms with Crippen LogP contribution in [0.4, 0.5) is 0 Å². The molecule has 0 saturated carbocycles. The molecule has 0 saturated heterocycles. The summed E-state index contributed by atoms with van der Waals surface area (Å²) in [5.41, 5.74) is 0. The normalized spacial score (nSPS) is 5.82. The molecule has 22 heteroatoms. The van der Waals surface area contributed by atoms with Gasteiger partial charge >= 0.3 is 23.1 Å². The molecule has 132 valence electrons. The zero-order chi connectivity index (χ0) is 17.9. The second-order valence-corrected chi connectivity index (χ2v) is 22.5. The lowest BCUT2D eigenvalue weighted by Gasteiger charge is -1.33. The van der Waals surface area contributed by atoms with Crippen LogP contribution in [0.5, 0.6) is 0 Å². The Morgan fingerprint density at radius 2 is 0.500 bits per heavy atom. The molecule has 0 aromatic heterocycles. The van der Waals surface area contributed by atoms with Crippen molar-refractivity contribution in [3.8, 4) is 0 Å². The van der Waals surface area contributed by atoms with E-state index in [0.29, 0.717) is 0 Å². The first-order chi connectivity index (χ1) is 10.7. The predicted molar refractivity (Wildman–Crippen MR) is 136 cm³/mol. The zero-order valence-corrected chi connectivity index (χ0v) is 23.7. The monoisotopic (exact) mass is 639 g/mol. The van der Waals surface area contributed by atoms with Crippen molar-refractivity contribution in [2.24, 2.45) is 0 Å². The molecule has 0 bridgehead atoms. The van der Waals surface area contributed by atoms with Crippen molar-refractivity contribution in [1.82, 2.24) is 0 Å². The maximum atomic E-state index is 8.29. The molecule has 0 aliphatic rings. The van der Waals surface area contributed by atoms with Gasteiger partial charge < -0.3 is 0 Å². The summed E-state index contributed by atoms with van der Waals surface area (Å²) in [6.45, 7) is 0. The molecule has 0 aromatic rings. The molecule has 0 unspecified atom stereocenters. The quantitative estimate of drug-likeness (QED) is 0.321. The minimum Gasteiger partial charge on any atom is -0.168 e. The first kappa shape index (κ1) is 32.8. The third-order valence-corrected chi connectivity index (χ3v) is 22.5. The van der Waals surface area contributed by atoms with Crippen LogP contribution in [-0.4, -0.2) is 16.8 Å². The van der Waals surface area contributed by atoms with Crippen molar-refractivity contribution < 1.29 is 16.8 Å². The highest BCUT2D eigenvalue weighted by molar-refractivity contribution is 8.71. The Morgan fingerprint density at radius 1 is 0.364 bits per heavy atom. The second-order valence-electron chi connectivity index (χ2n) is 0.953. The van der Waals surface area contributed by atoms with Gasteiger partial charge in [-0.25, -0.2) is 0 Å². The van der Waals surface area contributed by atoms with E-state index in [-0.39, 0.29) is 0 Å². The fourth-order valence-electron chi connectivity index (χ4n) is 0.0907. The standard InChI is InChI=1S/2O2S.2S8/c2*1-3-2;2*1-3-5-7-8-6-4-2. The van der Waals surface area contributed by atoms with E-state index in [1.807, 2.05) is 0 Å². The lowest BCUT2D eigenvalue weighted by molar-refractivity contribution is 0.628. The molecule has 22 heavy (non-hydrogen) atoms. The molecule has 4 nitrogen and oxygen atoms in total. The largest absolute Gasteiger partial charge is 0.335 e. The fraction of sp³-hybridized carbons (Fsp3) is 0. The van der Waals surface area contributed by atoms with Crippen LogP contribution >= 0.6 is 0 Å². The summed E-state index contributed by atoms with van der Waals surface area (Å²) < 4.78 is 33.2. The number of rotatable bonds is 0. The fourth-order valence-corrected chi connectivity index (χ4v) is 22.0. The molecule has 0 fully saturated rings. The highest BCUT2D eigenvalue weighted by atomic mass is 33.4. The van der Waals surface area contributed by atoms with Crippen LogP contribution < -0.4 is 0 Å². The van der Waals surface area contributed by atoms with Crippen molar-refractivity contribution in [2.75, 3.05) is 0 Å². The minimum atomic E-state index is -0.750. The third-order valence-electron chi connectivity index (χ3n) is 0.278. The summed E-state index contributed by atoms with van der Waals surface area (Å²) in [5, 5.41) is 0. The number of hydrogen-bond donors (Lipinski definition) is 0. The Kier molecular flexibility index (Phi) is 65.6. The van der Waals surface area contributed by atoms with E-state index in [9.17, 15) is 0 Å². The summed E-state index contributed by atoms with van der Waals surface area (Å²) in [5.74, 6) is 0. The lowest BCUT2D eigenvalue weighted by Crippen LogP contribution is -1.33. The first-order valence-electron chi connectivity index (χ1n) is 3.00. The van der Waals surface area contributed by atoms with Crippen molar-refractivity contribution in [3.05, 3.63) is 0 Å². The Labute approximate surface area is 187 Å². The zero-order valence-electron chi connectivity index (χ0n) is 8.98. The van der Waals surface area contributed by atoms with Gasteiger partial charge in [-0.15, -0.1) is 0 Å². The van der Waals surface area contributed by atoms with Gasteiger partial charge in [0, 0.05) is 151 Å². The van der Waals surface area contributed by atoms with Crippen LogP contribution in [-0.2, 0) is 174 Å². The van der Waals surface area contributed by atoms with Gasteiger partial charge in [-0.05, 0) is 0 Å². The molecule has 0 aliphatic heterocycles. The van der Waals surface area contributed by atoms with E-state index >= 15 is 0 Å². The van der Waals surface area contributed by atoms with E-state index in [2.05, 4.69) is 44.8 Å². The van der Waals surface area contributed by atoms with Crippen molar-refractivity contribution in [1.29, 1.82) is 0 Å². The third kappa shape index (κ3) is 65.7. The van der Waals surface area contributed by atoms with Gasteiger partial charge in [0.05, 0.1) is 0 Å². The molecule has 0 heterocycles. The molecule has 0 rings (SSSR count). The van der Waals surface area contributed by atoms with Gasteiger partial charge in [-0.2, -0.15) is 16.8 Å². The topological polar surface area (TPSA) is 68.3 Å². The Hall–Kier alpha value is 3.16. The molecular weight excluding hydrogens is 641 g/mol. The van der Waals surface area contributed by atoms with E-state index in [0.717, 1.165) is 0 Å². The molecule has 0 spiro atoms. The molecule has 0 atom stereocenters. The number of hydrogen-bond acceptors (Lipinski definition) is 8. The average Bonchev–Trinajstić information content (AvgIpc) is 2.51. The van der Waals surface area contributed by atoms with Crippen molar-refractivity contribution in [2.45, 2.75) is 0 Å². The second kappa shape index (κ2) is 44.0. The minimum absolute atomic E-state index is 0.750. The molecule has 0 amide bonds. The van der Waals surface area contributed by atoms with E-state index in [1.165, 1.54) is 35.5 Å². The average molecular weight is 641 g/mol. The van der Waals surface area contributed by atoms with Crippen molar-refractivity contribution in [3.63, 3.8) is 0 Å². The first-order valence-corrected chi connectivity index (χ1v) is 23.0. The Bertz CT molecular complexity index is 684. The van der Waals surface area contributed by atoms with Crippen LogP contribution in [0.2, 0.25) is 0 Å². The molecule has 0 aliphatic carbocycles. The maximum absolute atomic E-state index is 8.29. The summed E-state index contributed by atoms with van der Waals surface area (Å²) in [6.07, 6.45) is 0. The summed E-state index contributed by atoms with van der Waals surface area (Å²) in [4.78, 5) is 0. The van der Waals surface area contributed by atoms with Crippen LogP contribution in [0, 0.1) is 0 Å². The van der Waals surface area contributed by atoms with Crippen LogP contribution in [0.25, 0.3) is 0 Å². The molecular formula is O4S18. The molecule has 0 aromatic carbocycles. The van der Waals surface area contributed by atoms with Crippen LogP contribution in [0.3, 0.4) is 0 Å². The highest BCUT2D eigenvalue weighted by Gasteiger charge is 1.34. The predicted octanol–water partition coefficient (Wildman–Crippen LogP) is -1.38. The van der Waals surface area contributed by atoms with Gasteiger partial charge in [-0.1, -0.05) is 0 Å². The summed E-state index contributed by atoms with van der Waals surface area (Å²) >= 11 is 16.9. The lowest BCUT2D eigenvalue weighted by atomic mass is 15.9. The van der Waals surface area contributed by atoms with Gasteiger partial charge in [0.2, 0.25) is 0 Å². The van der Waals surface area contributed by atoms with Crippen LogP contribution in [0.15, 0.2) is 0 Å². The van der Waals surface area contributed by atoms with E-state index in [1.54, 1.807) is 71.0 Å². The highest BCUT2D eigenvalue weighted by Crippen LogP contribution is 1.34. The van der Waals surface area contributed by atoms with Gasteiger partial charge in [-0.3, -0.25) is 0 Å². The van der Waals surface area contributed by atoms with Gasteiger partial charge in [0.15, 0.2) is 0 Å². The Morgan fingerprint density at radius 3 is 0.591 bits per heavy atom. The van der Waals surface area contributed by atoms with Crippen LogP contribution in [0.1, 0.15) is 0 Å². The molecule has 0 N–H and O–H groups in total. The molecule has 0 radical (unpaired) electrons. The van der Waals surface area contributed by atoms with E-state index < -0.39 is 23.1 Å². The van der Waals surface area contributed by atoms with Gasteiger partial charge in [0.25, 0.3) is 0 Å². The maximum Gasteiger partial charge on any atom is 0.335 e. The summed E-state index contributed by atoms with van der Waals surface area (Å²) in [7, 11) is 18.2. The van der Waals surface area contributed by atoms with Gasteiger partial charge in [0.1, 0.15) is 0 Å². The van der Waals surface area contributed by atoms with Crippen molar-refractivity contribution >= 4 is 174 Å². The Balaban J connectivity index is -0.000000109. The summed E-state index contributed by atoms with van der Waals surface area (Å²) in [6, 6.07) is 0. The van der Waals surface area contributed by atoms with E-state index in [4.69, 9.17) is 16.8 Å². The smallest absolute Gasteiger partial charge is 0.168 e. The SMILES string of the molecule is O=S=O.O=S=O.S=S=S=S=S=S=S=S.S=S=S=S=S=S=S=S.